The molecular formula is C32H31F6N3O5. The molecule has 1 aromatic heterocycles. The standard InChI is InChI=1S/C32H31F6N3O5/c1-17-11-26(40-9-4-10-40)39-24(28(17)23-12-19(5-7-25(23)42)6-8-27(43)45-3)16-41-18(2)29(46-30(41)44)20-13-21(31(33,34)35)15-22(14-20)32(36,37)38/h5,7,11-15,18,29,42H,4,6,8-10,16H2,1-3H3/t18-,29-/m0/s1. The zero-order valence-corrected chi connectivity index (χ0v) is 25.1. The number of hydrogen-bond acceptors (Lipinski definition) is 7. The molecule has 3 heterocycles. The van der Waals surface area contributed by atoms with Crippen LogP contribution in [0, 0.1) is 6.92 Å². The Kier molecular flexibility index (Phi) is 8.84. The molecule has 0 aliphatic carbocycles. The number of nitrogens with zero attached hydrogens (tertiary/aromatic N) is 3. The number of rotatable bonds is 8. The molecule has 246 valence electrons. The van der Waals surface area contributed by atoms with Crippen molar-refractivity contribution in [1.82, 2.24) is 9.88 Å². The molecular weight excluding hydrogens is 620 g/mol. The smallest absolute Gasteiger partial charge is 0.416 e. The molecule has 2 atom stereocenters. The third-order valence-corrected chi connectivity index (χ3v) is 8.28. The van der Waals surface area contributed by atoms with Gasteiger partial charge in [0, 0.05) is 30.6 Å². The lowest BCUT2D eigenvalue weighted by atomic mass is 9.94. The third kappa shape index (κ3) is 6.70. The fourth-order valence-corrected chi connectivity index (χ4v) is 5.66. The number of halogens is 6. The van der Waals surface area contributed by atoms with Crippen LogP contribution < -0.4 is 4.90 Å². The number of hydrogen-bond donors (Lipinski definition) is 1. The second-order valence-electron chi connectivity index (χ2n) is 11.4. The van der Waals surface area contributed by atoms with Gasteiger partial charge < -0.3 is 19.5 Å². The Balaban J connectivity index is 1.54. The van der Waals surface area contributed by atoms with E-state index >= 15 is 0 Å². The number of benzene rings is 2. The Hall–Kier alpha value is -4.49. The molecule has 2 aromatic carbocycles. The number of aromatic nitrogens is 1. The third-order valence-electron chi connectivity index (χ3n) is 8.28. The van der Waals surface area contributed by atoms with Crippen LogP contribution in [-0.2, 0) is 39.6 Å². The predicted octanol–water partition coefficient (Wildman–Crippen LogP) is 7.20. The molecule has 1 amide bonds. The van der Waals surface area contributed by atoms with Gasteiger partial charge in [0.15, 0.2) is 0 Å². The van der Waals surface area contributed by atoms with Crippen LogP contribution in [0.15, 0.2) is 42.5 Å². The molecule has 8 nitrogen and oxygen atoms in total. The van der Waals surface area contributed by atoms with E-state index in [1.165, 1.54) is 25.0 Å². The van der Waals surface area contributed by atoms with Crippen molar-refractivity contribution >= 4 is 17.9 Å². The van der Waals surface area contributed by atoms with E-state index < -0.39 is 53.3 Å². The number of amides is 1. The van der Waals surface area contributed by atoms with Crippen LogP contribution in [0.3, 0.4) is 0 Å². The van der Waals surface area contributed by atoms with Gasteiger partial charge in [0.1, 0.15) is 17.7 Å². The molecule has 2 saturated heterocycles. The zero-order valence-electron chi connectivity index (χ0n) is 25.1. The van der Waals surface area contributed by atoms with Crippen molar-refractivity contribution in [3.8, 4) is 16.9 Å². The quantitative estimate of drug-likeness (QED) is 0.204. The molecule has 2 fully saturated rings. The summed E-state index contributed by atoms with van der Waals surface area (Å²) in [7, 11) is 1.28. The van der Waals surface area contributed by atoms with Gasteiger partial charge in [0.05, 0.1) is 36.5 Å². The molecule has 46 heavy (non-hydrogen) atoms. The summed E-state index contributed by atoms with van der Waals surface area (Å²) >= 11 is 0. The van der Waals surface area contributed by atoms with Crippen molar-refractivity contribution in [2.75, 3.05) is 25.1 Å². The van der Waals surface area contributed by atoms with E-state index in [2.05, 4.69) is 0 Å². The SMILES string of the molecule is COC(=O)CCc1ccc(O)c(-c2c(C)cc(N3CCC3)nc2CN2C(=O)O[C@H](c3cc(C(F)(F)F)cc(C(F)(F)F)c3)[C@@H]2C)c1. The number of aryl methyl sites for hydroxylation is 2. The van der Waals surface area contributed by atoms with Gasteiger partial charge in [0.2, 0.25) is 0 Å². The molecule has 0 unspecified atom stereocenters. The van der Waals surface area contributed by atoms with Crippen molar-refractivity contribution in [3.63, 3.8) is 0 Å². The van der Waals surface area contributed by atoms with Crippen LogP contribution in [-0.4, -0.2) is 53.3 Å². The highest BCUT2D eigenvalue weighted by molar-refractivity contribution is 5.78. The fraction of sp³-hybridized carbons (Fsp3) is 0.406. The van der Waals surface area contributed by atoms with Crippen LogP contribution in [0.25, 0.3) is 11.1 Å². The van der Waals surface area contributed by atoms with Crippen LogP contribution in [0.4, 0.5) is 37.0 Å². The number of carbonyl (C=O) groups excluding carboxylic acids is 2. The number of anilines is 1. The van der Waals surface area contributed by atoms with E-state index in [1.54, 1.807) is 19.1 Å². The summed E-state index contributed by atoms with van der Waals surface area (Å²) in [6.07, 6.45) is -11.1. The minimum atomic E-state index is -5.07. The number of carbonyl (C=O) groups is 2. The predicted molar refractivity (Wildman–Crippen MR) is 154 cm³/mol. The highest BCUT2D eigenvalue weighted by Gasteiger charge is 2.43. The van der Waals surface area contributed by atoms with Crippen LogP contribution in [0.5, 0.6) is 5.75 Å². The van der Waals surface area contributed by atoms with E-state index in [0.717, 1.165) is 25.1 Å². The highest BCUT2D eigenvalue weighted by Crippen LogP contribution is 2.42. The fourth-order valence-electron chi connectivity index (χ4n) is 5.66. The molecule has 1 N–H and O–H groups in total. The van der Waals surface area contributed by atoms with Crippen LogP contribution in [0.1, 0.15) is 59.4 Å². The van der Waals surface area contributed by atoms with Crippen molar-refractivity contribution in [2.45, 2.75) is 64.2 Å². The maximum absolute atomic E-state index is 13.6. The second-order valence-corrected chi connectivity index (χ2v) is 11.4. The Labute approximate surface area is 260 Å². The minimum absolute atomic E-state index is 0.0226. The molecule has 2 aliphatic rings. The lowest BCUT2D eigenvalue weighted by Crippen LogP contribution is -2.38. The number of methoxy groups -OCH3 is 1. The number of esters is 1. The summed E-state index contributed by atoms with van der Waals surface area (Å²) in [5.74, 6) is 0.114. The monoisotopic (exact) mass is 651 g/mol. The van der Waals surface area contributed by atoms with Gasteiger partial charge in [0.25, 0.3) is 0 Å². The normalized spacial score (nSPS) is 18.4. The number of cyclic esters (lactones) is 1. The van der Waals surface area contributed by atoms with Gasteiger partial charge >= 0.3 is 24.4 Å². The Morgan fingerprint density at radius 2 is 1.70 bits per heavy atom. The van der Waals surface area contributed by atoms with Gasteiger partial charge in [-0.2, -0.15) is 26.3 Å². The second kappa shape index (κ2) is 12.4. The first-order chi connectivity index (χ1) is 21.6. The Morgan fingerprint density at radius 1 is 1.04 bits per heavy atom. The summed E-state index contributed by atoms with van der Waals surface area (Å²) in [6, 6.07) is 6.83. The van der Waals surface area contributed by atoms with E-state index in [4.69, 9.17) is 14.5 Å². The highest BCUT2D eigenvalue weighted by atomic mass is 19.4. The Bertz CT molecular complexity index is 1620. The number of phenolic OH excluding ortho intramolecular Hbond substituents is 1. The van der Waals surface area contributed by atoms with Crippen molar-refractivity contribution in [2.24, 2.45) is 0 Å². The maximum Gasteiger partial charge on any atom is 0.416 e. The average molecular weight is 652 g/mol. The van der Waals surface area contributed by atoms with Gasteiger partial charge in [-0.05, 0) is 79.8 Å². The summed E-state index contributed by atoms with van der Waals surface area (Å²) in [4.78, 5) is 32.9. The lowest BCUT2D eigenvalue weighted by Gasteiger charge is -2.33. The van der Waals surface area contributed by atoms with E-state index in [1.807, 2.05) is 11.0 Å². The Morgan fingerprint density at radius 3 is 2.26 bits per heavy atom. The van der Waals surface area contributed by atoms with Crippen LogP contribution in [0.2, 0.25) is 0 Å². The van der Waals surface area contributed by atoms with E-state index in [0.29, 0.717) is 46.8 Å². The maximum atomic E-state index is 13.6. The molecule has 5 rings (SSSR count). The molecule has 14 heteroatoms. The van der Waals surface area contributed by atoms with Gasteiger partial charge in [-0.25, -0.2) is 9.78 Å². The summed E-state index contributed by atoms with van der Waals surface area (Å²) in [5, 5.41) is 10.9. The molecule has 2 aliphatic heterocycles. The molecule has 0 saturated carbocycles. The van der Waals surface area contributed by atoms with Crippen molar-refractivity contribution in [1.29, 1.82) is 0 Å². The number of alkyl halides is 6. The van der Waals surface area contributed by atoms with Gasteiger partial charge in [-0.3, -0.25) is 9.69 Å². The topological polar surface area (TPSA) is 92.2 Å². The summed E-state index contributed by atoms with van der Waals surface area (Å²) < 4.78 is 91.5. The number of ether oxygens (including phenoxy) is 2. The first-order valence-electron chi connectivity index (χ1n) is 14.5. The average Bonchev–Trinajstić information content (AvgIpc) is 3.23. The van der Waals surface area contributed by atoms with Crippen LogP contribution >= 0.6 is 0 Å². The van der Waals surface area contributed by atoms with E-state index in [9.17, 15) is 41.0 Å². The van der Waals surface area contributed by atoms with Gasteiger partial charge in [-0.1, -0.05) is 6.07 Å². The zero-order chi connectivity index (χ0) is 33.6. The first kappa shape index (κ1) is 32.9. The summed E-state index contributed by atoms with van der Waals surface area (Å²) in [5.41, 5.74) is -0.838. The molecule has 0 bridgehead atoms. The largest absolute Gasteiger partial charge is 0.507 e. The number of aromatic hydroxyl groups is 1. The first-order valence-corrected chi connectivity index (χ1v) is 14.5. The van der Waals surface area contributed by atoms with Crippen molar-refractivity contribution < 1.29 is 50.5 Å². The van der Waals surface area contributed by atoms with Gasteiger partial charge in [-0.15, -0.1) is 0 Å². The minimum Gasteiger partial charge on any atom is -0.507 e. The van der Waals surface area contributed by atoms with E-state index in [-0.39, 0.29) is 24.8 Å². The number of pyridine rings is 1. The molecule has 3 aromatic rings. The number of phenols is 1. The van der Waals surface area contributed by atoms with Crippen molar-refractivity contribution in [3.05, 3.63) is 76.0 Å². The molecule has 0 spiro atoms. The lowest BCUT2D eigenvalue weighted by molar-refractivity contribution is -0.143. The summed E-state index contributed by atoms with van der Waals surface area (Å²) in [6.45, 7) is 4.56. The molecule has 0 radical (unpaired) electrons.